The van der Waals surface area contributed by atoms with Crippen LogP contribution in [0.1, 0.15) is 53.5 Å². The molecule has 14 heteroatoms. The van der Waals surface area contributed by atoms with Crippen LogP contribution in [-0.4, -0.2) is 66.1 Å². The molecule has 0 aliphatic heterocycles. The van der Waals surface area contributed by atoms with Gasteiger partial charge in [-0.3, -0.25) is 4.79 Å². The predicted molar refractivity (Wildman–Crippen MR) is 143 cm³/mol. The Morgan fingerprint density at radius 1 is 1.07 bits per heavy atom. The first-order chi connectivity index (χ1) is 18.7. The van der Waals surface area contributed by atoms with Gasteiger partial charge in [-0.1, -0.05) is 0 Å². The molecule has 0 saturated heterocycles. The van der Waals surface area contributed by atoms with E-state index in [1.165, 1.54) is 16.9 Å². The van der Waals surface area contributed by atoms with Gasteiger partial charge in [-0.25, -0.2) is 19.2 Å². The SMILES string of the molecule is CC(C)(C)OC(=O)C[C@@H](Cn1nnc(-c2ccc(OCCc3cnc(Cl)nc3)c(F)c2)n1)NC(=O)OC(C)(C)C. The van der Waals surface area contributed by atoms with Gasteiger partial charge in [0.05, 0.1) is 25.6 Å². The third-order valence-corrected chi connectivity index (χ3v) is 5.10. The Bertz CT molecular complexity index is 1280. The molecule has 216 valence electrons. The van der Waals surface area contributed by atoms with Gasteiger partial charge < -0.3 is 19.5 Å². The Labute approximate surface area is 236 Å². The van der Waals surface area contributed by atoms with Crippen LogP contribution < -0.4 is 10.1 Å². The molecule has 0 spiro atoms. The molecule has 12 nitrogen and oxygen atoms in total. The number of carbonyl (C=O) groups excluding carboxylic acids is 2. The minimum Gasteiger partial charge on any atom is -0.490 e. The van der Waals surface area contributed by atoms with Gasteiger partial charge >= 0.3 is 12.1 Å². The van der Waals surface area contributed by atoms with E-state index in [1.54, 1.807) is 60.0 Å². The molecule has 0 bridgehead atoms. The van der Waals surface area contributed by atoms with Crippen molar-refractivity contribution >= 4 is 23.7 Å². The van der Waals surface area contributed by atoms with Crippen molar-refractivity contribution in [1.82, 2.24) is 35.5 Å². The molecule has 2 heterocycles. The van der Waals surface area contributed by atoms with Gasteiger partial charge in [0, 0.05) is 24.4 Å². The zero-order chi connectivity index (χ0) is 29.5. The maximum Gasteiger partial charge on any atom is 0.407 e. The number of esters is 1. The largest absolute Gasteiger partial charge is 0.490 e. The number of hydrogen-bond donors (Lipinski definition) is 1. The van der Waals surface area contributed by atoms with Crippen LogP contribution in [0.4, 0.5) is 9.18 Å². The Kier molecular flexibility index (Phi) is 9.96. The first-order valence-electron chi connectivity index (χ1n) is 12.6. The number of aromatic nitrogens is 6. The van der Waals surface area contributed by atoms with Crippen molar-refractivity contribution in [3.05, 3.63) is 47.3 Å². The van der Waals surface area contributed by atoms with Gasteiger partial charge in [0.15, 0.2) is 11.6 Å². The number of amides is 1. The van der Waals surface area contributed by atoms with Crippen molar-refractivity contribution in [3.63, 3.8) is 0 Å². The normalized spacial score (nSPS) is 12.5. The summed E-state index contributed by atoms with van der Waals surface area (Å²) in [5, 5.41) is 15.1. The zero-order valence-corrected chi connectivity index (χ0v) is 24.0. The molecule has 0 radical (unpaired) electrons. The minimum atomic E-state index is -0.759. The highest BCUT2D eigenvalue weighted by Gasteiger charge is 2.25. The first-order valence-corrected chi connectivity index (χ1v) is 12.9. The number of halogens is 2. The molecule has 1 amide bonds. The third kappa shape index (κ3) is 10.4. The van der Waals surface area contributed by atoms with Gasteiger partial charge in [-0.05, 0) is 82.1 Å². The number of tetrazole rings is 1. The number of alkyl carbamates (subject to hydrolysis) is 1. The van der Waals surface area contributed by atoms with Crippen LogP contribution in [0, 0.1) is 5.82 Å². The van der Waals surface area contributed by atoms with E-state index < -0.39 is 35.1 Å². The lowest BCUT2D eigenvalue weighted by Crippen LogP contribution is -2.43. The second-order valence-electron chi connectivity index (χ2n) is 10.9. The molecule has 1 atom stereocenters. The number of nitrogens with one attached hydrogen (secondary N) is 1. The molecule has 0 unspecified atom stereocenters. The number of hydrogen-bond acceptors (Lipinski definition) is 10. The Hall–Kier alpha value is -3.87. The number of rotatable bonds is 10. The lowest BCUT2D eigenvalue weighted by atomic mass is 10.1. The number of benzene rings is 1. The molecule has 40 heavy (non-hydrogen) atoms. The van der Waals surface area contributed by atoms with Crippen LogP contribution in [0.3, 0.4) is 0 Å². The average Bonchev–Trinajstić information content (AvgIpc) is 3.27. The molecule has 0 aliphatic rings. The molecule has 2 aromatic heterocycles. The highest BCUT2D eigenvalue weighted by Crippen LogP contribution is 2.23. The molecule has 0 aliphatic carbocycles. The van der Waals surface area contributed by atoms with Crippen molar-refractivity contribution in [2.45, 2.75) is 78.2 Å². The summed E-state index contributed by atoms with van der Waals surface area (Å²) in [6.45, 7) is 10.6. The monoisotopic (exact) mass is 577 g/mol. The molecular formula is C26H33ClFN7O5. The second kappa shape index (κ2) is 13.0. The van der Waals surface area contributed by atoms with Gasteiger partial charge in [0.1, 0.15) is 11.2 Å². The lowest BCUT2D eigenvalue weighted by molar-refractivity contribution is -0.155. The Morgan fingerprint density at radius 3 is 2.38 bits per heavy atom. The molecule has 1 aromatic carbocycles. The summed E-state index contributed by atoms with van der Waals surface area (Å²) < 4.78 is 31.0. The number of carbonyl (C=O) groups is 2. The van der Waals surface area contributed by atoms with Crippen molar-refractivity contribution in [1.29, 1.82) is 0 Å². The number of nitrogens with zero attached hydrogens (tertiary/aromatic N) is 6. The summed E-state index contributed by atoms with van der Waals surface area (Å²) >= 11 is 5.68. The van der Waals surface area contributed by atoms with Gasteiger partial charge in [0.25, 0.3) is 0 Å². The zero-order valence-electron chi connectivity index (χ0n) is 23.3. The molecule has 0 saturated carbocycles. The van der Waals surface area contributed by atoms with Crippen LogP contribution in [0.15, 0.2) is 30.6 Å². The van der Waals surface area contributed by atoms with E-state index in [2.05, 4.69) is 30.7 Å². The maximum absolute atomic E-state index is 14.7. The van der Waals surface area contributed by atoms with Crippen molar-refractivity contribution in [2.75, 3.05) is 6.61 Å². The summed E-state index contributed by atoms with van der Waals surface area (Å²) in [6, 6.07) is 3.55. The quantitative estimate of drug-likeness (QED) is 0.275. The van der Waals surface area contributed by atoms with Crippen LogP contribution >= 0.6 is 11.6 Å². The van der Waals surface area contributed by atoms with E-state index in [1.807, 2.05) is 0 Å². The molecule has 0 fully saturated rings. The fourth-order valence-electron chi connectivity index (χ4n) is 3.36. The van der Waals surface area contributed by atoms with E-state index in [9.17, 15) is 14.0 Å². The van der Waals surface area contributed by atoms with Gasteiger partial charge in [0.2, 0.25) is 11.1 Å². The predicted octanol–water partition coefficient (Wildman–Crippen LogP) is 4.17. The fourth-order valence-corrected chi connectivity index (χ4v) is 3.45. The van der Waals surface area contributed by atoms with Crippen LogP contribution in [0.5, 0.6) is 5.75 Å². The lowest BCUT2D eigenvalue weighted by Gasteiger charge is -2.24. The minimum absolute atomic E-state index is 0.0103. The van der Waals surface area contributed by atoms with E-state index in [-0.39, 0.29) is 36.4 Å². The summed E-state index contributed by atoms with van der Waals surface area (Å²) in [5.74, 6) is -0.909. The highest BCUT2D eigenvalue weighted by atomic mass is 35.5. The van der Waals surface area contributed by atoms with Gasteiger partial charge in [-0.15, -0.1) is 10.2 Å². The van der Waals surface area contributed by atoms with Crippen LogP contribution in [0.2, 0.25) is 5.28 Å². The maximum atomic E-state index is 14.7. The van der Waals surface area contributed by atoms with Crippen molar-refractivity contribution in [2.24, 2.45) is 0 Å². The van der Waals surface area contributed by atoms with Crippen LogP contribution in [0.25, 0.3) is 11.4 Å². The highest BCUT2D eigenvalue weighted by molar-refractivity contribution is 6.28. The Balaban J connectivity index is 1.65. The standard InChI is InChI=1S/C26H33ClFN7O5/c1-25(2,3)39-21(36)12-18(31-24(37)40-26(4,5)6)15-35-33-22(32-34-35)17-7-8-20(19(28)11-17)38-10-9-16-13-29-23(27)30-14-16/h7-8,11,13-14,18H,9-10,12,15H2,1-6H3,(H,31,37)/t18-/m0/s1. The molecule has 3 rings (SSSR count). The molecule has 1 N–H and O–H groups in total. The fraction of sp³-hybridized carbons (Fsp3) is 0.500. The van der Waals surface area contributed by atoms with Crippen LogP contribution in [-0.2, 0) is 27.2 Å². The van der Waals surface area contributed by atoms with E-state index in [4.69, 9.17) is 25.8 Å². The summed E-state index contributed by atoms with van der Waals surface area (Å²) in [7, 11) is 0. The number of ether oxygens (including phenoxy) is 3. The van der Waals surface area contributed by atoms with E-state index in [0.29, 0.717) is 12.0 Å². The van der Waals surface area contributed by atoms with E-state index >= 15 is 0 Å². The summed E-state index contributed by atoms with van der Waals surface area (Å²) in [4.78, 5) is 33.8. The summed E-state index contributed by atoms with van der Waals surface area (Å²) in [5.41, 5.74) is -0.265. The second-order valence-corrected chi connectivity index (χ2v) is 11.2. The van der Waals surface area contributed by atoms with E-state index in [0.717, 1.165) is 5.56 Å². The Morgan fingerprint density at radius 2 is 1.75 bits per heavy atom. The summed E-state index contributed by atoms with van der Waals surface area (Å²) in [6.07, 6.45) is 2.76. The van der Waals surface area contributed by atoms with Gasteiger partial charge in [-0.2, -0.15) is 4.80 Å². The molecular weight excluding hydrogens is 545 g/mol. The van der Waals surface area contributed by atoms with Crippen molar-refractivity contribution in [3.8, 4) is 17.1 Å². The average molecular weight is 578 g/mol. The third-order valence-electron chi connectivity index (χ3n) is 4.90. The molecule has 3 aromatic rings. The topological polar surface area (TPSA) is 143 Å². The smallest absolute Gasteiger partial charge is 0.407 e. The first kappa shape index (κ1) is 30.7. The van der Waals surface area contributed by atoms with Crippen molar-refractivity contribution < 1.29 is 28.2 Å².